The van der Waals surface area contributed by atoms with E-state index in [0.717, 1.165) is 19.4 Å². The highest BCUT2D eigenvalue weighted by Crippen LogP contribution is 2.50. The molecule has 1 heterocycles. The van der Waals surface area contributed by atoms with Crippen molar-refractivity contribution in [2.45, 2.75) is 58.1 Å². The van der Waals surface area contributed by atoms with Gasteiger partial charge in [-0.25, -0.2) is 0 Å². The Bertz CT molecular complexity index is 256. The zero-order valence-corrected chi connectivity index (χ0v) is 9.95. The SMILES string of the molecule is CC1COC2(CCCC2)C(N=O)C1(C)C. The monoisotopic (exact) mass is 211 g/mol. The van der Waals surface area contributed by atoms with E-state index in [1.807, 2.05) is 0 Å². The molecule has 0 aromatic heterocycles. The molecule has 1 saturated carbocycles. The fourth-order valence-corrected chi connectivity index (χ4v) is 3.16. The highest BCUT2D eigenvalue weighted by atomic mass is 16.5. The Morgan fingerprint density at radius 1 is 1.27 bits per heavy atom. The van der Waals surface area contributed by atoms with Crippen LogP contribution in [-0.4, -0.2) is 18.2 Å². The molecule has 86 valence electrons. The highest BCUT2D eigenvalue weighted by molar-refractivity contribution is 5.07. The summed E-state index contributed by atoms with van der Waals surface area (Å²) in [7, 11) is 0. The van der Waals surface area contributed by atoms with Crippen LogP contribution >= 0.6 is 0 Å². The van der Waals surface area contributed by atoms with Crippen LogP contribution in [0, 0.1) is 16.2 Å². The van der Waals surface area contributed by atoms with Gasteiger partial charge in [-0.2, -0.15) is 4.91 Å². The van der Waals surface area contributed by atoms with Crippen LogP contribution in [0.5, 0.6) is 0 Å². The largest absolute Gasteiger partial charge is 0.372 e. The maximum absolute atomic E-state index is 11.2. The minimum absolute atomic E-state index is 0.0235. The molecule has 2 unspecified atom stereocenters. The van der Waals surface area contributed by atoms with Crippen LogP contribution in [0.1, 0.15) is 46.5 Å². The lowest BCUT2D eigenvalue weighted by molar-refractivity contribution is -0.156. The normalized spacial score (nSPS) is 38.1. The van der Waals surface area contributed by atoms with E-state index in [1.54, 1.807) is 0 Å². The second-order valence-electron chi connectivity index (χ2n) is 5.81. The van der Waals surface area contributed by atoms with Gasteiger partial charge in [0, 0.05) is 0 Å². The van der Waals surface area contributed by atoms with Crippen LogP contribution in [0.2, 0.25) is 0 Å². The first kappa shape index (κ1) is 11.1. The fraction of sp³-hybridized carbons (Fsp3) is 1.00. The molecule has 3 heteroatoms. The molecular weight excluding hydrogens is 190 g/mol. The zero-order valence-electron chi connectivity index (χ0n) is 9.95. The third-order valence-electron chi connectivity index (χ3n) is 4.65. The quantitative estimate of drug-likeness (QED) is 0.625. The second kappa shape index (κ2) is 3.55. The lowest BCUT2D eigenvalue weighted by atomic mass is 9.65. The van der Waals surface area contributed by atoms with Gasteiger partial charge in [0.2, 0.25) is 0 Å². The van der Waals surface area contributed by atoms with Gasteiger partial charge in [0.1, 0.15) is 6.04 Å². The van der Waals surface area contributed by atoms with Crippen molar-refractivity contribution in [1.29, 1.82) is 0 Å². The first-order chi connectivity index (χ1) is 7.03. The van der Waals surface area contributed by atoms with Crippen LogP contribution in [0.3, 0.4) is 0 Å². The number of nitroso groups, excluding NO2 is 1. The van der Waals surface area contributed by atoms with Gasteiger partial charge in [0.15, 0.2) is 0 Å². The Morgan fingerprint density at radius 2 is 1.87 bits per heavy atom. The van der Waals surface area contributed by atoms with E-state index in [1.165, 1.54) is 12.8 Å². The van der Waals surface area contributed by atoms with Crippen molar-refractivity contribution < 1.29 is 4.74 Å². The topological polar surface area (TPSA) is 38.7 Å². The molecule has 0 radical (unpaired) electrons. The molecule has 2 aliphatic rings. The average Bonchev–Trinajstić information content (AvgIpc) is 2.62. The predicted molar refractivity (Wildman–Crippen MR) is 59.7 cm³/mol. The first-order valence-corrected chi connectivity index (χ1v) is 5.99. The van der Waals surface area contributed by atoms with Gasteiger partial charge in [0.05, 0.1) is 12.2 Å². The third-order valence-corrected chi connectivity index (χ3v) is 4.65. The Morgan fingerprint density at radius 3 is 2.40 bits per heavy atom. The van der Waals surface area contributed by atoms with E-state index in [0.29, 0.717) is 5.92 Å². The summed E-state index contributed by atoms with van der Waals surface area (Å²) in [6, 6.07) is -0.170. The summed E-state index contributed by atoms with van der Waals surface area (Å²) in [6.45, 7) is 7.25. The molecule has 0 aromatic carbocycles. The Kier molecular flexibility index (Phi) is 2.61. The van der Waals surface area contributed by atoms with Crippen molar-refractivity contribution in [2.75, 3.05) is 6.61 Å². The van der Waals surface area contributed by atoms with Crippen molar-refractivity contribution in [3.63, 3.8) is 0 Å². The van der Waals surface area contributed by atoms with E-state index in [9.17, 15) is 4.91 Å². The maximum Gasteiger partial charge on any atom is 0.126 e. The summed E-state index contributed by atoms with van der Waals surface area (Å²) < 4.78 is 5.98. The number of rotatable bonds is 1. The van der Waals surface area contributed by atoms with E-state index >= 15 is 0 Å². The molecule has 3 nitrogen and oxygen atoms in total. The van der Waals surface area contributed by atoms with Crippen LogP contribution < -0.4 is 0 Å². The van der Waals surface area contributed by atoms with Gasteiger partial charge < -0.3 is 4.74 Å². The highest BCUT2D eigenvalue weighted by Gasteiger charge is 2.55. The van der Waals surface area contributed by atoms with Crippen LogP contribution in [0.25, 0.3) is 0 Å². The lowest BCUT2D eigenvalue weighted by Gasteiger charge is -2.50. The lowest BCUT2D eigenvalue weighted by Crippen LogP contribution is -2.57. The third kappa shape index (κ3) is 1.52. The number of nitrogens with zero attached hydrogens (tertiary/aromatic N) is 1. The van der Waals surface area contributed by atoms with Crippen molar-refractivity contribution >= 4 is 0 Å². The van der Waals surface area contributed by atoms with Crippen molar-refractivity contribution in [2.24, 2.45) is 16.5 Å². The smallest absolute Gasteiger partial charge is 0.126 e. The Balaban J connectivity index is 2.31. The summed E-state index contributed by atoms with van der Waals surface area (Å²) in [5.74, 6) is 0.409. The molecule has 1 saturated heterocycles. The van der Waals surface area contributed by atoms with Crippen molar-refractivity contribution in [1.82, 2.24) is 0 Å². The van der Waals surface area contributed by atoms with E-state index in [4.69, 9.17) is 4.74 Å². The molecule has 1 aliphatic carbocycles. The molecule has 0 amide bonds. The molecule has 1 spiro atoms. The van der Waals surface area contributed by atoms with E-state index < -0.39 is 0 Å². The summed E-state index contributed by atoms with van der Waals surface area (Å²) in [6.07, 6.45) is 4.38. The fourth-order valence-electron chi connectivity index (χ4n) is 3.16. The number of hydrogen-bond acceptors (Lipinski definition) is 3. The van der Waals surface area contributed by atoms with E-state index in [-0.39, 0.29) is 17.1 Å². The van der Waals surface area contributed by atoms with E-state index in [2.05, 4.69) is 25.9 Å². The number of hydrogen-bond donors (Lipinski definition) is 0. The molecule has 2 rings (SSSR count). The second-order valence-corrected chi connectivity index (χ2v) is 5.81. The minimum Gasteiger partial charge on any atom is -0.372 e. The molecule has 0 N–H and O–H groups in total. The average molecular weight is 211 g/mol. The molecule has 0 bridgehead atoms. The van der Waals surface area contributed by atoms with Gasteiger partial charge in [0.25, 0.3) is 0 Å². The minimum atomic E-state index is -0.224. The standard InChI is InChI=1S/C12H21NO2/c1-9-8-15-12(6-4-5-7-12)10(13-14)11(9,2)3/h9-10H,4-8H2,1-3H3. The summed E-state index contributed by atoms with van der Waals surface area (Å²) in [5, 5.41) is 3.41. The van der Waals surface area contributed by atoms with Gasteiger partial charge in [-0.05, 0) is 24.2 Å². The van der Waals surface area contributed by atoms with Crippen LogP contribution in [0.15, 0.2) is 5.18 Å². The van der Waals surface area contributed by atoms with Crippen molar-refractivity contribution in [3.05, 3.63) is 4.91 Å². The van der Waals surface area contributed by atoms with Crippen molar-refractivity contribution in [3.8, 4) is 0 Å². The molecule has 1 aliphatic heterocycles. The summed E-state index contributed by atoms with van der Waals surface area (Å²) in [5.41, 5.74) is -0.248. The van der Waals surface area contributed by atoms with Gasteiger partial charge in [-0.3, -0.25) is 0 Å². The number of ether oxygens (including phenoxy) is 1. The first-order valence-electron chi connectivity index (χ1n) is 5.99. The molecule has 2 fully saturated rings. The van der Waals surface area contributed by atoms with Gasteiger partial charge in [-0.15, -0.1) is 0 Å². The molecule has 2 atom stereocenters. The zero-order chi connectivity index (χ0) is 11.1. The van der Waals surface area contributed by atoms with Gasteiger partial charge in [-0.1, -0.05) is 38.8 Å². The maximum atomic E-state index is 11.2. The molecule has 15 heavy (non-hydrogen) atoms. The summed E-state index contributed by atoms with van der Waals surface area (Å²) >= 11 is 0. The summed E-state index contributed by atoms with van der Waals surface area (Å²) in [4.78, 5) is 11.2. The van der Waals surface area contributed by atoms with Crippen LogP contribution in [-0.2, 0) is 4.74 Å². The Hall–Kier alpha value is -0.440. The predicted octanol–water partition coefficient (Wildman–Crippen LogP) is 3.13. The van der Waals surface area contributed by atoms with Gasteiger partial charge >= 0.3 is 0 Å². The Labute approximate surface area is 91.6 Å². The molecule has 0 aromatic rings. The van der Waals surface area contributed by atoms with Crippen LogP contribution in [0.4, 0.5) is 0 Å². The molecular formula is C12H21NO2.